The van der Waals surface area contributed by atoms with Crippen molar-refractivity contribution in [1.29, 1.82) is 0 Å². The summed E-state index contributed by atoms with van der Waals surface area (Å²) in [6, 6.07) is 7.95. The van der Waals surface area contributed by atoms with Crippen LogP contribution in [0.2, 0.25) is 0 Å². The first-order valence-corrected chi connectivity index (χ1v) is 14.6. The summed E-state index contributed by atoms with van der Waals surface area (Å²) in [6.07, 6.45) is 7.69. The molecule has 3 aliphatic heterocycles. The maximum atomic E-state index is 14.4. The van der Waals surface area contributed by atoms with Crippen molar-refractivity contribution in [3.63, 3.8) is 0 Å². The van der Waals surface area contributed by atoms with Gasteiger partial charge in [0, 0.05) is 11.7 Å². The average Bonchev–Trinajstić information content (AvgIpc) is 3.54. The van der Waals surface area contributed by atoms with Crippen molar-refractivity contribution in [3.05, 3.63) is 30.3 Å². The Morgan fingerprint density at radius 3 is 2.45 bits per heavy atom. The fraction of sp³-hybridized carbons (Fsp3) is 0.700. The number of aliphatic hydroxyl groups excluding tert-OH is 1. The first-order valence-electron chi connectivity index (χ1n) is 14.6. The van der Waals surface area contributed by atoms with Crippen LogP contribution in [-0.4, -0.2) is 63.7 Å². The van der Waals surface area contributed by atoms with Crippen LogP contribution in [0.5, 0.6) is 0 Å². The van der Waals surface area contributed by atoms with E-state index in [2.05, 4.69) is 10.6 Å². The number of hydrogen-bond donors (Lipinski definition) is 3. The Morgan fingerprint density at radius 2 is 1.82 bits per heavy atom. The van der Waals surface area contributed by atoms with E-state index < -0.39 is 35.1 Å². The number of nitrogens with one attached hydrogen (secondary N) is 2. The average molecular weight is 526 g/mol. The third-order valence-corrected chi connectivity index (χ3v) is 9.99. The van der Waals surface area contributed by atoms with Crippen LogP contribution in [0, 0.1) is 17.8 Å². The molecule has 8 heteroatoms. The third-order valence-electron chi connectivity index (χ3n) is 9.99. The van der Waals surface area contributed by atoms with Crippen molar-refractivity contribution >= 4 is 23.4 Å². The first-order chi connectivity index (χ1) is 18.3. The van der Waals surface area contributed by atoms with Crippen molar-refractivity contribution in [3.8, 4) is 0 Å². The molecule has 0 aromatic heterocycles. The summed E-state index contributed by atoms with van der Waals surface area (Å²) in [6.45, 7) is 5.78. The highest BCUT2D eigenvalue weighted by Gasteiger charge is 2.79. The van der Waals surface area contributed by atoms with Crippen LogP contribution in [0.3, 0.4) is 0 Å². The van der Waals surface area contributed by atoms with E-state index in [1.54, 1.807) is 4.90 Å². The van der Waals surface area contributed by atoms with E-state index in [1.165, 1.54) is 6.42 Å². The molecule has 38 heavy (non-hydrogen) atoms. The second-order valence-corrected chi connectivity index (χ2v) is 11.9. The molecule has 1 saturated carbocycles. The van der Waals surface area contributed by atoms with Gasteiger partial charge in [-0.25, -0.2) is 0 Å². The predicted molar refractivity (Wildman–Crippen MR) is 144 cm³/mol. The molecule has 3 amide bonds. The van der Waals surface area contributed by atoms with Crippen molar-refractivity contribution < 1.29 is 24.2 Å². The van der Waals surface area contributed by atoms with Gasteiger partial charge in [-0.3, -0.25) is 14.4 Å². The minimum atomic E-state index is -1.08. The maximum absolute atomic E-state index is 14.4. The Morgan fingerprint density at radius 1 is 1.11 bits per heavy atom. The zero-order valence-corrected chi connectivity index (χ0v) is 22.9. The molecule has 1 aromatic carbocycles. The maximum Gasteiger partial charge on any atom is 0.246 e. The fourth-order valence-electron chi connectivity index (χ4n) is 7.79. The Hall–Kier alpha value is -2.45. The molecular formula is C30H43N3O5. The molecular weight excluding hydrogens is 482 g/mol. The first kappa shape index (κ1) is 27.1. The van der Waals surface area contributed by atoms with Gasteiger partial charge in [-0.15, -0.1) is 0 Å². The van der Waals surface area contributed by atoms with Gasteiger partial charge in [0.1, 0.15) is 11.6 Å². The van der Waals surface area contributed by atoms with E-state index >= 15 is 0 Å². The van der Waals surface area contributed by atoms with Gasteiger partial charge in [0.2, 0.25) is 17.7 Å². The molecule has 3 heterocycles. The molecule has 2 bridgehead atoms. The van der Waals surface area contributed by atoms with Gasteiger partial charge in [-0.05, 0) is 50.2 Å². The molecule has 5 rings (SSSR count). The summed E-state index contributed by atoms with van der Waals surface area (Å²) in [7, 11) is 0. The number of carbonyl (C=O) groups is 3. The minimum absolute atomic E-state index is 0.0157. The number of benzene rings is 1. The van der Waals surface area contributed by atoms with Crippen molar-refractivity contribution in [2.75, 3.05) is 11.9 Å². The normalized spacial score (nSPS) is 34.2. The van der Waals surface area contributed by atoms with Crippen LogP contribution >= 0.6 is 0 Å². The molecule has 3 saturated heterocycles. The molecule has 7 atom stereocenters. The molecule has 0 radical (unpaired) electrons. The van der Waals surface area contributed by atoms with E-state index in [0.717, 1.165) is 32.1 Å². The number of nitrogens with zero attached hydrogens (tertiary/aromatic N) is 1. The van der Waals surface area contributed by atoms with Crippen molar-refractivity contribution in [1.82, 2.24) is 10.2 Å². The van der Waals surface area contributed by atoms with Crippen LogP contribution in [0.4, 0.5) is 5.69 Å². The quantitative estimate of drug-likeness (QED) is 0.456. The van der Waals surface area contributed by atoms with Crippen LogP contribution in [0.25, 0.3) is 0 Å². The van der Waals surface area contributed by atoms with Gasteiger partial charge in [-0.1, -0.05) is 64.7 Å². The molecule has 1 aromatic rings. The molecule has 208 valence electrons. The summed E-state index contributed by atoms with van der Waals surface area (Å²) in [5.41, 5.74) is -1.20. The van der Waals surface area contributed by atoms with Crippen LogP contribution in [-0.2, 0) is 19.1 Å². The molecule has 3 N–H and O–H groups in total. The third kappa shape index (κ3) is 4.24. The van der Waals surface area contributed by atoms with Gasteiger partial charge in [0.25, 0.3) is 0 Å². The second-order valence-electron chi connectivity index (χ2n) is 11.9. The highest BCUT2D eigenvalue weighted by molar-refractivity contribution is 6.02. The van der Waals surface area contributed by atoms with Gasteiger partial charge in [-0.2, -0.15) is 0 Å². The zero-order valence-electron chi connectivity index (χ0n) is 22.9. The number of carbonyl (C=O) groups excluding carboxylic acids is 3. The highest BCUT2D eigenvalue weighted by Crippen LogP contribution is 2.64. The zero-order chi connectivity index (χ0) is 27.1. The number of hydrogen-bond acceptors (Lipinski definition) is 5. The Balaban J connectivity index is 1.54. The molecule has 1 spiro atoms. The van der Waals surface area contributed by atoms with Gasteiger partial charge < -0.3 is 25.4 Å². The molecule has 4 fully saturated rings. The lowest BCUT2D eigenvalue weighted by Crippen LogP contribution is -2.60. The van der Waals surface area contributed by atoms with E-state index in [0.29, 0.717) is 24.9 Å². The number of ether oxygens (including phenoxy) is 1. The van der Waals surface area contributed by atoms with Gasteiger partial charge in [0.15, 0.2) is 0 Å². The number of para-hydroxylation sites is 1. The largest absolute Gasteiger partial charge is 0.394 e. The molecule has 4 aliphatic rings. The fourth-order valence-corrected chi connectivity index (χ4v) is 7.79. The summed E-state index contributed by atoms with van der Waals surface area (Å²) in [5.74, 6) is -2.17. The Labute approximate surface area is 225 Å². The lowest BCUT2D eigenvalue weighted by molar-refractivity contribution is -0.152. The number of amides is 3. The standard InChI is InChI=1S/C30H43N3O5/c1-4-19(3)22(18-34)33-25(27(36)32-21-14-10-7-11-15-21)30-17-16-29(5-2,38-30)23(24(30)28(33)37)26(35)31-20-12-8-6-9-13-20/h6,8-9,12-13,19,21-25,34H,4-5,7,10-11,14-18H2,1-3H3,(H,31,35)(H,32,36)/t19-,22-,23-,24-,25?,29+,30?/m0/s1. The number of likely N-dealkylation sites (tertiary alicyclic amines) is 1. The van der Waals surface area contributed by atoms with Crippen molar-refractivity contribution in [2.45, 2.75) is 108 Å². The van der Waals surface area contributed by atoms with E-state index in [-0.39, 0.29) is 36.3 Å². The lowest BCUT2D eigenvalue weighted by atomic mass is 9.65. The molecule has 2 unspecified atom stereocenters. The van der Waals surface area contributed by atoms with Gasteiger partial charge >= 0.3 is 0 Å². The molecule has 1 aliphatic carbocycles. The Bertz CT molecular complexity index is 1040. The second kappa shape index (κ2) is 10.6. The summed E-state index contributed by atoms with van der Waals surface area (Å²) in [5, 5.41) is 16.8. The van der Waals surface area contributed by atoms with Gasteiger partial charge in [0.05, 0.1) is 30.1 Å². The minimum Gasteiger partial charge on any atom is -0.394 e. The lowest BCUT2D eigenvalue weighted by Gasteiger charge is -2.40. The van der Waals surface area contributed by atoms with Crippen LogP contribution < -0.4 is 10.6 Å². The predicted octanol–water partition coefficient (Wildman–Crippen LogP) is 3.64. The van der Waals surface area contributed by atoms with E-state index in [1.807, 2.05) is 51.1 Å². The van der Waals surface area contributed by atoms with E-state index in [9.17, 15) is 19.5 Å². The summed E-state index contributed by atoms with van der Waals surface area (Å²) in [4.78, 5) is 44.0. The smallest absolute Gasteiger partial charge is 0.246 e. The number of rotatable bonds is 9. The monoisotopic (exact) mass is 525 g/mol. The summed E-state index contributed by atoms with van der Waals surface area (Å²) >= 11 is 0. The van der Waals surface area contributed by atoms with Crippen LogP contribution in [0.15, 0.2) is 30.3 Å². The van der Waals surface area contributed by atoms with Crippen LogP contribution in [0.1, 0.15) is 78.6 Å². The summed E-state index contributed by atoms with van der Waals surface area (Å²) < 4.78 is 6.86. The number of aliphatic hydroxyl groups is 1. The number of anilines is 1. The Kier molecular flexibility index (Phi) is 7.57. The topological polar surface area (TPSA) is 108 Å². The highest BCUT2D eigenvalue weighted by atomic mass is 16.5. The van der Waals surface area contributed by atoms with Crippen molar-refractivity contribution in [2.24, 2.45) is 17.8 Å². The number of fused-ring (bicyclic) bond motifs is 1. The van der Waals surface area contributed by atoms with E-state index in [4.69, 9.17) is 4.74 Å². The SMILES string of the molecule is CC[C@H](C)[C@H](CO)N1C(=O)[C@@H]2[C@@H](C(=O)Nc3ccccc3)[C@@]3(CC)CCC2(O3)C1C(=O)NC1CCCCC1. The molecule has 8 nitrogen and oxygen atoms in total.